The van der Waals surface area contributed by atoms with Crippen molar-refractivity contribution in [1.29, 1.82) is 0 Å². The molecule has 1 aliphatic heterocycles. The fraction of sp³-hybridized carbons (Fsp3) is 0.500. The summed E-state index contributed by atoms with van der Waals surface area (Å²) in [6, 6.07) is 8.03. The first-order chi connectivity index (χ1) is 11.3. The predicted octanol–water partition coefficient (Wildman–Crippen LogP) is 2.36. The molecule has 24 heavy (non-hydrogen) atoms. The third kappa shape index (κ3) is 4.32. The van der Waals surface area contributed by atoms with Gasteiger partial charge < -0.3 is 4.84 Å². The molecule has 1 aliphatic rings. The van der Waals surface area contributed by atoms with E-state index in [0.717, 1.165) is 5.56 Å². The number of hydrogen-bond acceptors (Lipinski definition) is 4. The average molecular weight is 346 g/mol. The number of hydroxylamine groups is 2. The van der Waals surface area contributed by atoms with Crippen molar-refractivity contribution >= 4 is 31.8 Å². The molecule has 2 amide bonds. The van der Waals surface area contributed by atoms with Crippen molar-refractivity contribution in [2.24, 2.45) is 0 Å². The van der Waals surface area contributed by atoms with Crippen molar-refractivity contribution < 1.29 is 19.2 Å². The molecular formula is C18H24NO4Si+. The summed E-state index contributed by atoms with van der Waals surface area (Å²) in [6.45, 7) is 9.01. The molecule has 0 radical (unpaired) electrons. The molecular weight excluding hydrogens is 322 g/mol. The van der Waals surface area contributed by atoms with Crippen molar-refractivity contribution in [2.45, 2.75) is 58.0 Å². The third-order valence-electron chi connectivity index (χ3n) is 4.08. The van der Waals surface area contributed by atoms with Crippen LogP contribution in [0.3, 0.4) is 0 Å². The molecule has 5 nitrogen and oxygen atoms in total. The lowest BCUT2D eigenvalue weighted by atomic mass is 10.1. The number of rotatable bonds is 6. The highest BCUT2D eigenvalue weighted by molar-refractivity contribution is 6.75. The van der Waals surface area contributed by atoms with E-state index in [2.05, 4.69) is 39.8 Å². The molecule has 0 saturated carbocycles. The second-order valence-corrected chi connectivity index (χ2v) is 10.5. The van der Waals surface area contributed by atoms with Gasteiger partial charge in [-0.25, -0.2) is 4.79 Å². The minimum absolute atomic E-state index is 0.0444. The zero-order valence-electron chi connectivity index (χ0n) is 14.7. The summed E-state index contributed by atoms with van der Waals surface area (Å²) in [5.41, 5.74) is 2.09. The quantitative estimate of drug-likeness (QED) is 0.586. The van der Waals surface area contributed by atoms with Crippen molar-refractivity contribution in [3.63, 3.8) is 0 Å². The van der Waals surface area contributed by atoms with E-state index in [0.29, 0.717) is 16.1 Å². The molecule has 1 fully saturated rings. The second-order valence-electron chi connectivity index (χ2n) is 6.68. The highest BCUT2D eigenvalue weighted by Gasteiger charge is 2.37. The standard InChI is InChI=1S/C18H24NO4Si/c1-12(2)24(13(3)4)15-7-5-14(6-8-15)11-18(22)23-19-16(20)9-10-17(19)21/h5-8,12-13H,9-11H2,1-4H3/q+1. The van der Waals surface area contributed by atoms with E-state index in [-0.39, 0.29) is 19.3 Å². The van der Waals surface area contributed by atoms with Crippen LogP contribution in [0.5, 0.6) is 0 Å². The van der Waals surface area contributed by atoms with E-state index in [1.165, 1.54) is 5.19 Å². The van der Waals surface area contributed by atoms with Crippen LogP contribution in [0.15, 0.2) is 24.3 Å². The lowest BCUT2D eigenvalue weighted by Gasteiger charge is -2.13. The molecule has 128 valence electrons. The monoisotopic (exact) mass is 346 g/mol. The lowest BCUT2D eigenvalue weighted by molar-refractivity contribution is -0.197. The fourth-order valence-corrected chi connectivity index (χ4v) is 6.33. The highest BCUT2D eigenvalue weighted by atomic mass is 28.3. The van der Waals surface area contributed by atoms with Crippen LogP contribution in [-0.2, 0) is 25.6 Å². The Morgan fingerprint density at radius 1 is 1.04 bits per heavy atom. The molecule has 6 heteroatoms. The van der Waals surface area contributed by atoms with Crippen molar-refractivity contribution in [2.75, 3.05) is 0 Å². The smallest absolute Gasteiger partial charge is 0.330 e. The van der Waals surface area contributed by atoms with Gasteiger partial charge in [-0.15, -0.1) is 5.06 Å². The number of benzene rings is 1. The van der Waals surface area contributed by atoms with Crippen LogP contribution >= 0.6 is 0 Å². The Labute approximate surface area is 144 Å². The van der Waals surface area contributed by atoms with Gasteiger partial charge in [0.1, 0.15) is 0 Å². The first kappa shape index (κ1) is 18.4. The summed E-state index contributed by atoms with van der Waals surface area (Å²) < 4.78 is 0. The van der Waals surface area contributed by atoms with E-state index in [1.54, 1.807) is 0 Å². The minimum atomic E-state index is -0.647. The molecule has 0 atom stereocenters. The molecule has 0 aliphatic carbocycles. The van der Waals surface area contributed by atoms with Crippen LogP contribution in [0.1, 0.15) is 46.1 Å². The summed E-state index contributed by atoms with van der Waals surface area (Å²) in [5.74, 6) is -1.50. The van der Waals surface area contributed by atoms with Gasteiger partial charge in [-0.05, 0) is 45.4 Å². The molecule has 0 bridgehead atoms. The summed E-state index contributed by atoms with van der Waals surface area (Å²) >= 11 is 0. The maximum atomic E-state index is 11.9. The van der Waals surface area contributed by atoms with Gasteiger partial charge in [-0.3, -0.25) is 9.59 Å². The van der Waals surface area contributed by atoms with Crippen LogP contribution in [0, 0.1) is 0 Å². The average Bonchev–Trinajstić information content (AvgIpc) is 2.80. The number of nitrogens with zero attached hydrogens (tertiary/aromatic N) is 1. The van der Waals surface area contributed by atoms with Crippen LogP contribution in [0.25, 0.3) is 0 Å². The van der Waals surface area contributed by atoms with Gasteiger partial charge in [-0.2, -0.15) is 0 Å². The maximum absolute atomic E-state index is 11.9. The SMILES string of the molecule is CC(C)[Si+](c1ccc(CC(=O)ON2C(=O)CCC2=O)cc1)C(C)C. The molecule has 0 N–H and O–H groups in total. The van der Waals surface area contributed by atoms with E-state index in [9.17, 15) is 14.4 Å². The molecule has 0 spiro atoms. The zero-order valence-corrected chi connectivity index (χ0v) is 15.7. The summed E-state index contributed by atoms with van der Waals surface area (Å²) in [5, 5.41) is 1.95. The first-order valence-corrected chi connectivity index (χ1v) is 9.97. The molecule has 2 rings (SSSR count). The Bertz CT molecular complexity index is 600. The van der Waals surface area contributed by atoms with Gasteiger partial charge in [0.05, 0.1) is 22.7 Å². The topological polar surface area (TPSA) is 63.7 Å². The Kier molecular flexibility index (Phi) is 5.93. The van der Waals surface area contributed by atoms with Gasteiger partial charge in [-0.1, -0.05) is 12.1 Å². The largest absolute Gasteiger partial charge is 0.357 e. The van der Waals surface area contributed by atoms with Crippen LogP contribution in [0.2, 0.25) is 11.1 Å². The van der Waals surface area contributed by atoms with E-state index >= 15 is 0 Å². The molecule has 1 aromatic rings. The highest BCUT2D eigenvalue weighted by Crippen LogP contribution is 2.20. The maximum Gasteiger partial charge on any atom is 0.357 e. The van der Waals surface area contributed by atoms with Crippen molar-refractivity contribution in [3.05, 3.63) is 29.8 Å². The van der Waals surface area contributed by atoms with Gasteiger partial charge >= 0.3 is 14.8 Å². The number of carbonyl (C=O) groups is 3. The van der Waals surface area contributed by atoms with Gasteiger partial charge in [0.2, 0.25) is 0 Å². The van der Waals surface area contributed by atoms with Crippen molar-refractivity contribution in [3.8, 4) is 0 Å². The number of imide groups is 1. The summed E-state index contributed by atoms with van der Waals surface area (Å²) in [6.07, 6.45) is 0.259. The lowest BCUT2D eigenvalue weighted by Crippen LogP contribution is -2.36. The third-order valence-corrected chi connectivity index (χ3v) is 7.57. The van der Waals surface area contributed by atoms with Gasteiger partial charge in [0, 0.05) is 12.8 Å². The fourth-order valence-electron chi connectivity index (χ4n) is 3.11. The number of carbonyl (C=O) groups excluding carboxylic acids is 3. The van der Waals surface area contributed by atoms with E-state index < -0.39 is 26.6 Å². The number of amides is 2. The normalized spacial score (nSPS) is 14.7. The summed E-state index contributed by atoms with van der Waals surface area (Å²) in [4.78, 5) is 39.7. The molecule has 1 saturated heterocycles. The Hall–Kier alpha value is -1.95. The van der Waals surface area contributed by atoms with E-state index in [4.69, 9.17) is 4.84 Å². The summed E-state index contributed by atoms with van der Waals surface area (Å²) in [7, 11) is -0.647. The zero-order chi connectivity index (χ0) is 17.9. The Balaban J connectivity index is 1.99. The van der Waals surface area contributed by atoms with Crippen LogP contribution in [0.4, 0.5) is 0 Å². The van der Waals surface area contributed by atoms with Crippen LogP contribution in [-0.4, -0.2) is 31.6 Å². The molecule has 1 aromatic carbocycles. The predicted molar refractivity (Wildman–Crippen MR) is 92.9 cm³/mol. The minimum Gasteiger partial charge on any atom is -0.330 e. The first-order valence-electron chi connectivity index (χ1n) is 8.32. The van der Waals surface area contributed by atoms with Gasteiger partial charge in [0.25, 0.3) is 11.8 Å². The van der Waals surface area contributed by atoms with Crippen molar-refractivity contribution in [1.82, 2.24) is 5.06 Å². The molecule has 0 aromatic heterocycles. The molecule has 0 unspecified atom stereocenters. The number of hydrogen-bond donors (Lipinski definition) is 0. The van der Waals surface area contributed by atoms with Crippen LogP contribution < -0.4 is 5.19 Å². The van der Waals surface area contributed by atoms with E-state index in [1.807, 2.05) is 12.1 Å². The Morgan fingerprint density at radius 3 is 2.00 bits per heavy atom. The van der Waals surface area contributed by atoms with Gasteiger partial charge in [0.15, 0.2) is 0 Å². The Morgan fingerprint density at radius 2 is 1.54 bits per heavy atom. The molecule has 1 heterocycles. The second kappa shape index (κ2) is 7.74.